The van der Waals surface area contributed by atoms with Gasteiger partial charge in [0.25, 0.3) is 0 Å². The molecule has 6 heteroatoms. The van der Waals surface area contributed by atoms with Gasteiger partial charge in [-0.15, -0.1) is 0 Å². The Balaban J connectivity index is 2.39. The van der Waals surface area contributed by atoms with E-state index in [0.29, 0.717) is 0 Å². The highest BCUT2D eigenvalue weighted by molar-refractivity contribution is 7.90. The minimum Gasteiger partial charge on any atom is -0.328 e. The largest absolute Gasteiger partial charge is 0.328 e. The van der Waals surface area contributed by atoms with E-state index in [1.165, 1.54) is 11.9 Å². The molecule has 0 amide bonds. The minimum atomic E-state index is -2.97. The van der Waals surface area contributed by atoms with Gasteiger partial charge >= 0.3 is 0 Å². The summed E-state index contributed by atoms with van der Waals surface area (Å²) in [6, 6.07) is -0.0377. The molecule has 1 aliphatic heterocycles. The first-order valence-corrected chi connectivity index (χ1v) is 8.45. The van der Waals surface area contributed by atoms with Crippen molar-refractivity contribution in [3.63, 3.8) is 0 Å². The van der Waals surface area contributed by atoms with Crippen LogP contribution in [0.1, 0.15) is 37.1 Å². The van der Waals surface area contributed by atoms with Crippen molar-refractivity contribution in [3.8, 4) is 0 Å². The van der Waals surface area contributed by atoms with Crippen LogP contribution in [0.4, 0.5) is 0 Å². The number of hydrogen-bond donors (Lipinski definition) is 1. The Kier molecular flexibility index (Phi) is 3.77. The van der Waals surface area contributed by atoms with Crippen LogP contribution < -0.4 is 5.32 Å². The van der Waals surface area contributed by atoms with Crippen LogP contribution in [0.5, 0.6) is 0 Å². The van der Waals surface area contributed by atoms with Crippen LogP contribution in [-0.4, -0.2) is 36.5 Å². The fourth-order valence-electron chi connectivity index (χ4n) is 2.67. The van der Waals surface area contributed by atoms with Gasteiger partial charge in [0, 0.05) is 43.9 Å². The van der Waals surface area contributed by atoms with E-state index in [-0.39, 0.29) is 11.8 Å². The molecule has 0 saturated heterocycles. The highest BCUT2D eigenvalue weighted by Crippen LogP contribution is 2.22. The number of aromatic nitrogens is 2. The second-order valence-corrected chi connectivity index (χ2v) is 7.20. The number of hydrogen-bond acceptors (Lipinski definition) is 4. The third-order valence-corrected chi connectivity index (χ3v) is 4.39. The van der Waals surface area contributed by atoms with Gasteiger partial charge in [-0.2, -0.15) is 0 Å². The van der Waals surface area contributed by atoms with Gasteiger partial charge in [0.1, 0.15) is 15.7 Å². The molecule has 0 spiro atoms. The Morgan fingerprint density at radius 2 is 2.22 bits per heavy atom. The Morgan fingerprint density at radius 1 is 1.50 bits per heavy atom. The average molecular weight is 271 g/mol. The maximum absolute atomic E-state index is 11.5. The molecular weight excluding hydrogens is 250 g/mol. The predicted molar refractivity (Wildman–Crippen MR) is 71.4 cm³/mol. The summed E-state index contributed by atoms with van der Waals surface area (Å²) < 4.78 is 25.1. The Bertz CT molecular complexity index is 534. The summed E-state index contributed by atoms with van der Waals surface area (Å²) in [7, 11) is -2.97. The molecule has 2 heterocycles. The van der Waals surface area contributed by atoms with Gasteiger partial charge in [-0.3, -0.25) is 0 Å². The zero-order valence-electron chi connectivity index (χ0n) is 11.2. The summed E-state index contributed by atoms with van der Waals surface area (Å²) >= 11 is 0. The van der Waals surface area contributed by atoms with E-state index in [1.807, 2.05) is 6.92 Å². The van der Waals surface area contributed by atoms with E-state index in [4.69, 9.17) is 0 Å². The Hall–Kier alpha value is -0.880. The van der Waals surface area contributed by atoms with Crippen molar-refractivity contribution < 1.29 is 8.42 Å². The van der Waals surface area contributed by atoms with Crippen LogP contribution in [0.25, 0.3) is 0 Å². The molecule has 1 N–H and O–H groups in total. The molecule has 0 radical (unpaired) electrons. The monoisotopic (exact) mass is 271 g/mol. The lowest BCUT2D eigenvalue weighted by molar-refractivity contribution is 0.518. The summed E-state index contributed by atoms with van der Waals surface area (Å²) in [5.74, 6) is 1.18. The molecule has 2 rings (SSSR count). The first-order chi connectivity index (χ1) is 8.42. The lowest BCUT2D eigenvalue weighted by atomic mass is 10.1. The zero-order chi connectivity index (χ0) is 13.3. The molecule has 0 aliphatic carbocycles. The number of sulfone groups is 1. The molecule has 1 aromatic heterocycles. The topological polar surface area (TPSA) is 64.0 Å². The smallest absolute Gasteiger partial charge is 0.149 e. The van der Waals surface area contributed by atoms with Gasteiger partial charge in [0.05, 0.1) is 11.4 Å². The number of rotatable bonds is 4. The van der Waals surface area contributed by atoms with Gasteiger partial charge in [-0.25, -0.2) is 13.4 Å². The molecule has 0 saturated carbocycles. The van der Waals surface area contributed by atoms with Gasteiger partial charge in [0.2, 0.25) is 0 Å². The molecule has 0 aromatic carbocycles. The maximum atomic E-state index is 11.5. The summed E-state index contributed by atoms with van der Waals surface area (Å²) in [5.41, 5.74) is 2.29. The van der Waals surface area contributed by atoms with E-state index < -0.39 is 9.84 Å². The Labute approximate surface area is 109 Å². The second kappa shape index (κ2) is 5.01. The van der Waals surface area contributed by atoms with Crippen LogP contribution in [0.3, 0.4) is 0 Å². The van der Waals surface area contributed by atoms with Crippen LogP contribution in [0.15, 0.2) is 0 Å². The summed E-state index contributed by atoms with van der Waals surface area (Å²) in [6.07, 6.45) is 3.05. The lowest BCUT2D eigenvalue weighted by Crippen LogP contribution is -2.27. The first-order valence-electron chi connectivity index (χ1n) is 6.39. The molecule has 1 aromatic rings. The van der Waals surface area contributed by atoms with Gasteiger partial charge in [0.15, 0.2) is 0 Å². The normalized spacial score (nSPS) is 17.5. The summed E-state index contributed by atoms with van der Waals surface area (Å²) in [6.45, 7) is 5.75. The molecule has 1 unspecified atom stereocenters. The molecule has 0 fully saturated rings. The molecule has 18 heavy (non-hydrogen) atoms. The van der Waals surface area contributed by atoms with Crippen LogP contribution >= 0.6 is 0 Å². The van der Waals surface area contributed by atoms with Gasteiger partial charge in [-0.05, 0) is 6.92 Å². The van der Waals surface area contributed by atoms with Crippen molar-refractivity contribution in [3.05, 3.63) is 17.2 Å². The van der Waals surface area contributed by atoms with Crippen molar-refractivity contribution in [1.29, 1.82) is 0 Å². The molecule has 1 atom stereocenters. The van der Waals surface area contributed by atoms with Crippen molar-refractivity contribution in [2.75, 3.05) is 18.6 Å². The first kappa shape index (κ1) is 13.5. The zero-order valence-corrected chi connectivity index (χ0v) is 12.0. The van der Waals surface area contributed by atoms with E-state index in [1.54, 1.807) is 0 Å². The average Bonchev–Trinajstić information content (AvgIpc) is 2.64. The summed E-state index contributed by atoms with van der Waals surface area (Å²) in [5, 5.41) is 3.30. The molecule has 5 nitrogen and oxygen atoms in total. The third-order valence-electron chi connectivity index (χ3n) is 3.30. The van der Waals surface area contributed by atoms with E-state index in [2.05, 4.69) is 21.8 Å². The number of aryl methyl sites for hydroxylation is 1. The predicted octanol–water partition coefficient (Wildman–Crippen LogP) is 0.697. The highest BCUT2D eigenvalue weighted by Gasteiger charge is 2.23. The van der Waals surface area contributed by atoms with Crippen LogP contribution in [-0.2, 0) is 29.2 Å². The van der Waals surface area contributed by atoms with E-state index in [9.17, 15) is 8.42 Å². The number of imidazole rings is 1. The number of nitrogens with zero attached hydrogens (tertiary/aromatic N) is 2. The van der Waals surface area contributed by atoms with Crippen molar-refractivity contribution in [1.82, 2.24) is 14.9 Å². The SMILES string of the molecule is CCc1nc2c(n1C(C)CS(C)(=O)=O)CCNC2. The van der Waals surface area contributed by atoms with E-state index in [0.717, 1.165) is 37.4 Å². The lowest BCUT2D eigenvalue weighted by Gasteiger charge is -2.21. The van der Waals surface area contributed by atoms with Crippen molar-refractivity contribution in [2.45, 2.75) is 39.3 Å². The standard InChI is InChI=1S/C12H21N3O2S/c1-4-12-14-10-7-13-6-5-11(10)15(12)9(2)8-18(3,16)17/h9,13H,4-8H2,1-3H3. The molecular formula is C12H21N3O2S. The number of fused-ring (bicyclic) bond motifs is 1. The number of nitrogens with one attached hydrogen (secondary N) is 1. The highest BCUT2D eigenvalue weighted by atomic mass is 32.2. The van der Waals surface area contributed by atoms with Crippen LogP contribution in [0.2, 0.25) is 0 Å². The van der Waals surface area contributed by atoms with Crippen molar-refractivity contribution >= 4 is 9.84 Å². The fourth-order valence-corrected chi connectivity index (χ4v) is 3.70. The molecule has 0 bridgehead atoms. The molecule has 1 aliphatic rings. The summed E-state index contributed by atoms with van der Waals surface area (Å²) in [4.78, 5) is 4.63. The van der Waals surface area contributed by atoms with Gasteiger partial charge < -0.3 is 9.88 Å². The van der Waals surface area contributed by atoms with Gasteiger partial charge in [-0.1, -0.05) is 6.92 Å². The second-order valence-electron chi connectivity index (χ2n) is 5.01. The Morgan fingerprint density at radius 3 is 2.83 bits per heavy atom. The maximum Gasteiger partial charge on any atom is 0.149 e. The van der Waals surface area contributed by atoms with Crippen LogP contribution in [0, 0.1) is 0 Å². The third kappa shape index (κ3) is 2.75. The fraction of sp³-hybridized carbons (Fsp3) is 0.750. The molecule has 102 valence electrons. The van der Waals surface area contributed by atoms with E-state index >= 15 is 0 Å². The quantitative estimate of drug-likeness (QED) is 0.875. The van der Waals surface area contributed by atoms with Crippen molar-refractivity contribution in [2.24, 2.45) is 0 Å². The minimum absolute atomic E-state index is 0.0377.